The fraction of sp³-hybridized carbons (Fsp3) is 0.857. The third kappa shape index (κ3) is 2.07. The van der Waals surface area contributed by atoms with Crippen molar-refractivity contribution in [3.05, 3.63) is 11.8 Å². The normalized spacial score (nSPS) is 32.0. The van der Waals surface area contributed by atoms with E-state index in [4.69, 9.17) is 4.42 Å². The van der Waals surface area contributed by atoms with Crippen LogP contribution in [0.1, 0.15) is 69.7 Å². The summed E-state index contributed by atoms with van der Waals surface area (Å²) in [7, 11) is 0. The van der Waals surface area contributed by atoms with Gasteiger partial charge >= 0.3 is 0 Å². The van der Waals surface area contributed by atoms with E-state index in [1.807, 2.05) is 0 Å². The van der Waals surface area contributed by atoms with Gasteiger partial charge < -0.3 is 9.73 Å². The number of hydrogen-bond acceptors (Lipinski definition) is 4. The van der Waals surface area contributed by atoms with E-state index in [0.717, 1.165) is 36.6 Å². The van der Waals surface area contributed by atoms with Crippen molar-refractivity contribution in [1.29, 1.82) is 0 Å². The zero-order valence-electron chi connectivity index (χ0n) is 11.4. The van der Waals surface area contributed by atoms with E-state index in [2.05, 4.69) is 29.4 Å². The lowest BCUT2D eigenvalue weighted by molar-refractivity contribution is 0.317. The van der Waals surface area contributed by atoms with E-state index in [9.17, 15) is 0 Å². The van der Waals surface area contributed by atoms with Crippen molar-refractivity contribution in [2.45, 2.75) is 57.9 Å². The van der Waals surface area contributed by atoms with Crippen LogP contribution in [0.3, 0.4) is 0 Å². The first-order valence-corrected chi connectivity index (χ1v) is 7.38. The quantitative estimate of drug-likeness (QED) is 0.871. The van der Waals surface area contributed by atoms with E-state index in [0.29, 0.717) is 5.92 Å². The molecule has 0 spiro atoms. The maximum Gasteiger partial charge on any atom is 0.233 e. The van der Waals surface area contributed by atoms with Crippen LogP contribution in [0.2, 0.25) is 0 Å². The lowest BCUT2D eigenvalue weighted by Gasteiger charge is -2.17. The van der Waals surface area contributed by atoms with Gasteiger partial charge in [0.05, 0.1) is 6.04 Å². The predicted molar refractivity (Wildman–Crippen MR) is 69.2 cm³/mol. The highest BCUT2D eigenvalue weighted by atomic mass is 16.4. The van der Waals surface area contributed by atoms with Crippen LogP contribution in [0.4, 0.5) is 0 Å². The summed E-state index contributed by atoms with van der Waals surface area (Å²) in [5, 5.41) is 12.0. The molecule has 0 amide bonds. The van der Waals surface area contributed by atoms with Gasteiger partial charge in [-0.25, -0.2) is 0 Å². The summed E-state index contributed by atoms with van der Waals surface area (Å²) in [6, 6.07) is 0.217. The van der Waals surface area contributed by atoms with Gasteiger partial charge in [-0.2, -0.15) is 0 Å². The van der Waals surface area contributed by atoms with Gasteiger partial charge in [-0.15, -0.1) is 10.2 Å². The second-order valence-corrected chi connectivity index (χ2v) is 5.78. The third-order valence-corrected chi connectivity index (χ3v) is 4.67. The SMILES string of the molecule is CCNC(CC)c1nnc(C2CC3CCC2C3)o1. The Morgan fingerprint density at radius 3 is 2.78 bits per heavy atom. The molecule has 4 unspecified atom stereocenters. The average Bonchev–Trinajstić information content (AvgIpc) is 3.10. The fourth-order valence-electron chi connectivity index (χ4n) is 3.74. The van der Waals surface area contributed by atoms with Gasteiger partial charge in [0.1, 0.15) is 0 Å². The van der Waals surface area contributed by atoms with Gasteiger partial charge in [0.25, 0.3) is 0 Å². The van der Waals surface area contributed by atoms with Crippen molar-refractivity contribution in [1.82, 2.24) is 15.5 Å². The van der Waals surface area contributed by atoms with Gasteiger partial charge in [-0.1, -0.05) is 20.3 Å². The van der Waals surface area contributed by atoms with Crippen molar-refractivity contribution in [3.8, 4) is 0 Å². The summed E-state index contributed by atoms with van der Waals surface area (Å²) < 4.78 is 5.94. The topological polar surface area (TPSA) is 51.0 Å². The Morgan fingerprint density at radius 2 is 2.17 bits per heavy atom. The van der Waals surface area contributed by atoms with Crippen LogP contribution < -0.4 is 5.32 Å². The molecule has 100 valence electrons. The summed E-state index contributed by atoms with van der Waals surface area (Å²) in [5.41, 5.74) is 0. The summed E-state index contributed by atoms with van der Waals surface area (Å²) in [5.74, 6) is 3.95. The molecule has 4 nitrogen and oxygen atoms in total. The van der Waals surface area contributed by atoms with Crippen LogP contribution in [0.25, 0.3) is 0 Å². The Labute approximate surface area is 109 Å². The Hall–Kier alpha value is -0.900. The van der Waals surface area contributed by atoms with Gasteiger partial charge in [0, 0.05) is 5.92 Å². The summed E-state index contributed by atoms with van der Waals surface area (Å²) >= 11 is 0. The van der Waals surface area contributed by atoms with Crippen LogP contribution in [0.5, 0.6) is 0 Å². The van der Waals surface area contributed by atoms with E-state index in [1.165, 1.54) is 25.7 Å². The highest BCUT2D eigenvalue weighted by Gasteiger charge is 2.42. The average molecular weight is 249 g/mol. The number of aromatic nitrogens is 2. The second kappa shape index (κ2) is 5.00. The first-order chi connectivity index (χ1) is 8.81. The minimum absolute atomic E-state index is 0.217. The molecule has 2 aliphatic carbocycles. The Bertz CT molecular complexity index is 403. The maximum atomic E-state index is 5.94. The molecular formula is C14H23N3O. The highest BCUT2D eigenvalue weighted by molar-refractivity contribution is 5.05. The number of rotatable bonds is 5. The fourth-order valence-corrected chi connectivity index (χ4v) is 3.74. The molecule has 1 N–H and O–H groups in total. The van der Waals surface area contributed by atoms with Crippen molar-refractivity contribution in [2.75, 3.05) is 6.54 Å². The largest absolute Gasteiger partial charge is 0.423 e. The highest BCUT2D eigenvalue weighted by Crippen LogP contribution is 2.52. The van der Waals surface area contributed by atoms with Gasteiger partial charge in [-0.3, -0.25) is 0 Å². The molecule has 1 heterocycles. The van der Waals surface area contributed by atoms with E-state index in [-0.39, 0.29) is 6.04 Å². The van der Waals surface area contributed by atoms with Crippen molar-refractivity contribution >= 4 is 0 Å². The molecule has 3 rings (SSSR count). The maximum absolute atomic E-state index is 5.94. The molecule has 0 saturated heterocycles. The molecule has 1 aromatic rings. The van der Waals surface area contributed by atoms with E-state index in [1.54, 1.807) is 0 Å². The van der Waals surface area contributed by atoms with Crippen LogP contribution >= 0.6 is 0 Å². The molecule has 4 heteroatoms. The van der Waals surface area contributed by atoms with E-state index < -0.39 is 0 Å². The molecule has 2 bridgehead atoms. The van der Waals surface area contributed by atoms with Gasteiger partial charge in [0.15, 0.2) is 0 Å². The molecule has 1 aromatic heterocycles. The predicted octanol–water partition coefficient (Wildman–Crippen LogP) is 3.03. The van der Waals surface area contributed by atoms with Crippen LogP contribution in [0, 0.1) is 11.8 Å². The molecule has 2 saturated carbocycles. The molecule has 2 aliphatic rings. The lowest BCUT2D eigenvalue weighted by atomic mass is 9.89. The van der Waals surface area contributed by atoms with Crippen molar-refractivity contribution < 1.29 is 4.42 Å². The monoisotopic (exact) mass is 249 g/mol. The van der Waals surface area contributed by atoms with Crippen LogP contribution in [0.15, 0.2) is 4.42 Å². The van der Waals surface area contributed by atoms with Crippen LogP contribution in [-0.2, 0) is 0 Å². The van der Waals surface area contributed by atoms with E-state index >= 15 is 0 Å². The number of hydrogen-bond donors (Lipinski definition) is 1. The minimum atomic E-state index is 0.217. The molecule has 0 aromatic carbocycles. The molecule has 4 atom stereocenters. The molecular weight excluding hydrogens is 226 g/mol. The number of nitrogens with zero attached hydrogens (tertiary/aromatic N) is 2. The number of nitrogens with one attached hydrogen (secondary N) is 1. The summed E-state index contributed by atoms with van der Waals surface area (Å²) in [6.45, 7) is 5.19. The lowest BCUT2D eigenvalue weighted by Crippen LogP contribution is -2.20. The van der Waals surface area contributed by atoms with Crippen molar-refractivity contribution in [2.24, 2.45) is 11.8 Å². The molecule has 0 aliphatic heterocycles. The zero-order valence-corrected chi connectivity index (χ0v) is 11.4. The minimum Gasteiger partial charge on any atom is -0.423 e. The standard InChI is InChI=1S/C14H23N3O/c1-3-12(15-4-2)14-17-16-13(18-14)11-8-9-5-6-10(11)7-9/h9-12,15H,3-8H2,1-2H3. The first kappa shape index (κ1) is 12.2. The summed E-state index contributed by atoms with van der Waals surface area (Å²) in [6.07, 6.45) is 6.41. The smallest absolute Gasteiger partial charge is 0.233 e. The van der Waals surface area contributed by atoms with Gasteiger partial charge in [0.2, 0.25) is 11.8 Å². The number of fused-ring (bicyclic) bond motifs is 2. The Kier molecular flexibility index (Phi) is 3.37. The molecule has 2 fully saturated rings. The third-order valence-electron chi connectivity index (χ3n) is 4.67. The molecule has 18 heavy (non-hydrogen) atoms. The second-order valence-electron chi connectivity index (χ2n) is 5.78. The first-order valence-electron chi connectivity index (χ1n) is 7.38. The van der Waals surface area contributed by atoms with Gasteiger partial charge in [-0.05, 0) is 44.1 Å². The molecule has 0 radical (unpaired) electrons. The zero-order chi connectivity index (χ0) is 12.5. The van der Waals surface area contributed by atoms with Crippen LogP contribution in [-0.4, -0.2) is 16.7 Å². The Morgan fingerprint density at radius 1 is 1.28 bits per heavy atom. The Balaban J connectivity index is 1.73. The van der Waals surface area contributed by atoms with Crippen molar-refractivity contribution in [3.63, 3.8) is 0 Å². The summed E-state index contributed by atoms with van der Waals surface area (Å²) in [4.78, 5) is 0.